The lowest BCUT2D eigenvalue weighted by molar-refractivity contribution is -0.165. The lowest BCUT2D eigenvalue weighted by Crippen LogP contribution is -2.43. The molecule has 0 aliphatic carbocycles. The largest absolute Gasteiger partial charge is 0.480 e. The first-order chi connectivity index (χ1) is 6.81. The standard InChI is InChI=1S/C7H8F3NO3S/c8-7(9,10)1-5(12)11-3-15-2-4(11)6(13)14/h4H,1-3H2,(H,13,14). The second kappa shape index (κ2) is 4.30. The molecule has 1 N–H and O–H groups in total. The van der Waals surface area contributed by atoms with Gasteiger partial charge in [-0.3, -0.25) is 4.79 Å². The highest BCUT2D eigenvalue weighted by Gasteiger charge is 2.40. The maximum atomic E-state index is 11.9. The summed E-state index contributed by atoms with van der Waals surface area (Å²) in [6.45, 7) is 0. The third kappa shape index (κ3) is 3.29. The monoisotopic (exact) mass is 243 g/mol. The molecule has 4 nitrogen and oxygen atoms in total. The molecule has 1 atom stereocenters. The summed E-state index contributed by atoms with van der Waals surface area (Å²) >= 11 is 1.13. The number of nitrogens with zero attached hydrogens (tertiary/aromatic N) is 1. The zero-order chi connectivity index (χ0) is 11.6. The second-order valence-electron chi connectivity index (χ2n) is 3.01. The van der Waals surface area contributed by atoms with E-state index in [4.69, 9.17) is 5.11 Å². The van der Waals surface area contributed by atoms with Crippen LogP contribution < -0.4 is 0 Å². The molecule has 1 fully saturated rings. The number of carbonyl (C=O) groups is 2. The summed E-state index contributed by atoms with van der Waals surface area (Å²) in [5.41, 5.74) is 0. The lowest BCUT2D eigenvalue weighted by atomic mass is 10.2. The smallest absolute Gasteiger partial charge is 0.397 e. The first-order valence-electron chi connectivity index (χ1n) is 3.98. The van der Waals surface area contributed by atoms with Crippen molar-refractivity contribution in [3.8, 4) is 0 Å². The number of carboxylic acids is 1. The van der Waals surface area contributed by atoms with E-state index in [9.17, 15) is 22.8 Å². The van der Waals surface area contributed by atoms with Gasteiger partial charge in [0.05, 0.1) is 5.88 Å². The van der Waals surface area contributed by atoms with E-state index in [0.717, 1.165) is 16.7 Å². The van der Waals surface area contributed by atoms with Crippen molar-refractivity contribution in [1.29, 1.82) is 0 Å². The Morgan fingerprint density at radius 3 is 2.53 bits per heavy atom. The van der Waals surface area contributed by atoms with Crippen molar-refractivity contribution >= 4 is 23.6 Å². The van der Waals surface area contributed by atoms with Gasteiger partial charge >= 0.3 is 12.1 Å². The molecule has 0 aromatic heterocycles. The van der Waals surface area contributed by atoms with Crippen LogP contribution in [-0.4, -0.2) is 45.7 Å². The van der Waals surface area contributed by atoms with Crippen LogP contribution in [0.2, 0.25) is 0 Å². The van der Waals surface area contributed by atoms with E-state index in [2.05, 4.69) is 0 Å². The van der Waals surface area contributed by atoms with E-state index in [1.807, 2.05) is 0 Å². The quantitative estimate of drug-likeness (QED) is 0.783. The third-order valence-corrected chi connectivity index (χ3v) is 2.85. The molecule has 1 aliphatic rings. The summed E-state index contributed by atoms with van der Waals surface area (Å²) in [6, 6.07) is -1.13. The Morgan fingerprint density at radius 1 is 1.47 bits per heavy atom. The number of halogens is 3. The summed E-state index contributed by atoms with van der Waals surface area (Å²) in [5.74, 6) is -2.31. The van der Waals surface area contributed by atoms with Crippen molar-refractivity contribution < 1.29 is 27.9 Å². The van der Waals surface area contributed by atoms with Crippen molar-refractivity contribution in [2.24, 2.45) is 0 Å². The van der Waals surface area contributed by atoms with E-state index in [-0.39, 0.29) is 11.6 Å². The topological polar surface area (TPSA) is 57.6 Å². The van der Waals surface area contributed by atoms with Gasteiger partial charge in [0, 0.05) is 5.75 Å². The molecule has 0 aromatic rings. The fraction of sp³-hybridized carbons (Fsp3) is 0.714. The molecule has 0 bridgehead atoms. The van der Waals surface area contributed by atoms with Gasteiger partial charge < -0.3 is 10.0 Å². The fourth-order valence-electron chi connectivity index (χ4n) is 1.17. The van der Waals surface area contributed by atoms with E-state index >= 15 is 0 Å². The van der Waals surface area contributed by atoms with Crippen LogP contribution >= 0.6 is 11.8 Å². The molecule has 1 rings (SSSR count). The van der Waals surface area contributed by atoms with Gasteiger partial charge in [-0.2, -0.15) is 13.2 Å². The van der Waals surface area contributed by atoms with Gasteiger partial charge in [0.25, 0.3) is 0 Å². The molecule has 0 aromatic carbocycles. The number of hydrogen-bond acceptors (Lipinski definition) is 3. The molecule has 1 aliphatic heterocycles. The van der Waals surface area contributed by atoms with Crippen LogP contribution in [0.4, 0.5) is 13.2 Å². The molecule has 1 unspecified atom stereocenters. The maximum absolute atomic E-state index is 11.9. The molecule has 1 saturated heterocycles. The third-order valence-electron chi connectivity index (χ3n) is 1.84. The van der Waals surface area contributed by atoms with Crippen molar-refractivity contribution in [1.82, 2.24) is 4.90 Å². The minimum Gasteiger partial charge on any atom is -0.480 e. The number of rotatable bonds is 2. The number of thioether (sulfide) groups is 1. The van der Waals surface area contributed by atoms with Gasteiger partial charge in [-0.15, -0.1) is 11.8 Å². The first kappa shape index (κ1) is 12.2. The van der Waals surface area contributed by atoms with Gasteiger partial charge in [0.2, 0.25) is 5.91 Å². The predicted octanol–water partition coefficient (Wildman–Crippen LogP) is 0.925. The molecule has 0 radical (unpaired) electrons. The molecule has 15 heavy (non-hydrogen) atoms. The molecule has 1 heterocycles. The molecule has 86 valence electrons. The first-order valence-corrected chi connectivity index (χ1v) is 5.13. The SMILES string of the molecule is O=C(O)C1CSCN1C(=O)CC(F)(F)F. The summed E-state index contributed by atoms with van der Waals surface area (Å²) < 4.78 is 35.7. The van der Waals surface area contributed by atoms with Crippen LogP contribution in [0.1, 0.15) is 6.42 Å². The average Bonchev–Trinajstić information content (AvgIpc) is 2.47. The van der Waals surface area contributed by atoms with Crippen LogP contribution in [0.25, 0.3) is 0 Å². The van der Waals surface area contributed by atoms with Crippen molar-refractivity contribution in [2.75, 3.05) is 11.6 Å². The Kier molecular flexibility index (Phi) is 3.48. The van der Waals surface area contributed by atoms with Crippen LogP contribution in [0.5, 0.6) is 0 Å². The molecular formula is C7H8F3NO3S. The number of aliphatic carboxylic acids is 1. The van der Waals surface area contributed by atoms with Gasteiger partial charge in [-0.25, -0.2) is 4.79 Å². The minimum absolute atomic E-state index is 0.00583. The van der Waals surface area contributed by atoms with E-state index < -0.39 is 30.5 Å². The minimum atomic E-state index is -4.59. The van der Waals surface area contributed by atoms with Crippen LogP contribution in [0.15, 0.2) is 0 Å². The number of alkyl halides is 3. The molecule has 1 amide bonds. The van der Waals surface area contributed by atoms with Crippen LogP contribution in [0.3, 0.4) is 0 Å². The van der Waals surface area contributed by atoms with Crippen LogP contribution in [0, 0.1) is 0 Å². The highest BCUT2D eigenvalue weighted by Crippen LogP contribution is 2.26. The predicted molar refractivity (Wildman–Crippen MR) is 46.3 cm³/mol. The van der Waals surface area contributed by atoms with Gasteiger partial charge in [0.15, 0.2) is 0 Å². The lowest BCUT2D eigenvalue weighted by Gasteiger charge is -2.20. The number of hydrogen-bond donors (Lipinski definition) is 1. The highest BCUT2D eigenvalue weighted by atomic mass is 32.2. The van der Waals surface area contributed by atoms with E-state index in [0.29, 0.717) is 0 Å². The zero-order valence-electron chi connectivity index (χ0n) is 7.45. The van der Waals surface area contributed by atoms with Gasteiger partial charge in [-0.1, -0.05) is 0 Å². The molecule has 8 heteroatoms. The summed E-state index contributed by atoms with van der Waals surface area (Å²) in [7, 11) is 0. The molecular weight excluding hydrogens is 235 g/mol. The Morgan fingerprint density at radius 2 is 2.07 bits per heavy atom. The second-order valence-corrected chi connectivity index (χ2v) is 4.01. The van der Waals surface area contributed by atoms with Crippen molar-refractivity contribution in [2.45, 2.75) is 18.6 Å². The molecule has 0 spiro atoms. The van der Waals surface area contributed by atoms with Crippen LogP contribution in [-0.2, 0) is 9.59 Å². The van der Waals surface area contributed by atoms with Crippen molar-refractivity contribution in [3.05, 3.63) is 0 Å². The summed E-state index contributed by atoms with van der Waals surface area (Å²) in [6.07, 6.45) is -6.19. The van der Waals surface area contributed by atoms with Gasteiger partial charge in [-0.05, 0) is 0 Å². The Labute approximate surface area is 87.4 Å². The maximum Gasteiger partial charge on any atom is 0.397 e. The fourth-order valence-corrected chi connectivity index (χ4v) is 2.34. The van der Waals surface area contributed by atoms with E-state index in [1.54, 1.807) is 0 Å². The summed E-state index contributed by atoms with van der Waals surface area (Å²) in [4.78, 5) is 22.4. The van der Waals surface area contributed by atoms with Gasteiger partial charge in [0.1, 0.15) is 12.5 Å². The Bertz CT molecular complexity index is 281. The van der Waals surface area contributed by atoms with Crippen molar-refractivity contribution in [3.63, 3.8) is 0 Å². The Balaban J connectivity index is 2.63. The number of carbonyl (C=O) groups excluding carboxylic acids is 1. The normalized spacial score (nSPS) is 21.8. The summed E-state index contributed by atoms with van der Waals surface area (Å²) in [5, 5.41) is 8.64. The average molecular weight is 243 g/mol. The Hall–Kier alpha value is -0.920. The number of carboxylic acid groups (broad SMARTS) is 1. The number of amides is 1. The molecule has 0 saturated carbocycles. The highest BCUT2D eigenvalue weighted by molar-refractivity contribution is 7.99. The zero-order valence-corrected chi connectivity index (χ0v) is 8.27. The van der Waals surface area contributed by atoms with E-state index in [1.165, 1.54) is 0 Å².